The van der Waals surface area contributed by atoms with Crippen molar-refractivity contribution in [2.45, 2.75) is 57.5 Å². The Labute approximate surface area is 139 Å². The minimum Gasteiger partial charge on any atom is -0.364 e. The van der Waals surface area contributed by atoms with Gasteiger partial charge in [0.1, 0.15) is 17.2 Å². The fourth-order valence-electron chi connectivity index (χ4n) is 3.31. The van der Waals surface area contributed by atoms with Crippen LogP contribution in [0.2, 0.25) is 0 Å². The summed E-state index contributed by atoms with van der Waals surface area (Å²) in [6.07, 6.45) is 6.35. The first-order valence-electron chi connectivity index (χ1n) is 8.54. The van der Waals surface area contributed by atoms with Crippen LogP contribution in [0, 0.1) is 6.92 Å². The maximum absolute atomic E-state index is 12.4. The second-order valence-electron chi connectivity index (χ2n) is 6.79. The largest absolute Gasteiger partial charge is 0.364 e. The molecule has 1 unspecified atom stereocenters. The van der Waals surface area contributed by atoms with Gasteiger partial charge in [-0.05, 0) is 32.6 Å². The summed E-state index contributed by atoms with van der Waals surface area (Å²) in [6.45, 7) is 2.62. The van der Waals surface area contributed by atoms with E-state index in [-0.39, 0.29) is 22.9 Å². The number of carbonyl (C=O) groups excluding carboxylic acids is 1. The van der Waals surface area contributed by atoms with Crippen LogP contribution in [0.4, 0.5) is 0 Å². The van der Waals surface area contributed by atoms with Gasteiger partial charge in [-0.2, -0.15) is 0 Å². The molecule has 2 N–H and O–H groups in total. The van der Waals surface area contributed by atoms with Crippen LogP contribution in [-0.4, -0.2) is 31.7 Å². The molecule has 2 aromatic heterocycles. The molecule has 2 aliphatic rings. The fourth-order valence-corrected chi connectivity index (χ4v) is 3.31. The second-order valence-corrected chi connectivity index (χ2v) is 6.79. The van der Waals surface area contributed by atoms with Gasteiger partial charge in [-0.25, -0.2) is 0 Å². The van der Waals surface area contributed by atoms with Crippen molar-refractivity contribution in [3.05, 3.63) is 45.4 Å². The van der Waals surface area contributed by atoms with Gasteiger partial charge in [0.05, 0.1) is 0 Å². The molecule has 126 valence electrons. The average molecular weight is 327 g/mol. The predicted molar refractivity (Wildman–Crippen MR) is 88.0 cm³/mol. The normalized spacial score (nSPS) is 20.3. The Balaban J connectivity index is 1.45. The first kappa shape index (κ1) is 15.1. The molecule has 1 amide bonds. The van der Waals surface area contributed by atoms with Crippen molar-refractivity contribution < 1.29 is 4.79 Å². The van der Waals surface area contributed by atoms with Crippen molar-refractivity contribution in [1.82, 2.24) is 25.1 Å². The molecule has 3 heterocycles. The summed E-state index contributed by atoms with van der Waals surface area (Å²) >= 11 is 0. The molecule has 2 aromatic rings. The average Bonchev–Trinajstić information content (AvgIpc) is 3.34. The van der Waals surface area contributed by atoms with Crippen LogP contribution >= 0.6 is 0 Å². The number of fused-ring (bicyclic) bond motifs is 1. The maximum atomic E-state index is 12.4. The molecule has 1 atom stereocenters. The number of nitrogens with one attached hydrogen (secondary N) is 2. The molecular weight excluding hydrogens is 306 g/mol. The molecule has 4 rings (SSSR count). The summed E-state index contributed by atoms with van der Waals surface area (Å²) in [6, 6.07) is 1.50. The van der Waals surface area contributed by atoms with Crippen LogP contribution in [0.1, 0.15) is 59.3 Å². The summed E-state index contributed by atoms with van der Waals surface area (Å²) < 4.78 is 2.22. The third kappa shape index (κ3) is 2.86. The van der Waals surface area contributed by atoms with Gasteiger partial charge in [0.25, 0.3) is 5.91 Å². The summed E-state index contributed by atoms with van der Waals surface area (Å²) in [5, 5.41) is 11.7. The van der Waals surface area contributed by atoms with Crippen molar-refractivity contribution in [1.29, 1.82) is 0 Å². The van der Waals surface area contributed by atoms with Crippen LogP contribution in [0.5, 0.6) is 0 Å². The molecule has 24 heavy (non-hydrogen) atoms. The van der Waals surface area contributed by atoms with Gasteiger partial charge in [0, 0.05) is 42.9 Å². The van der Waals surface area contributed by atoms with Crippen molar-refractivity contribution in [3.63, 3.8) is 0 Å². The topological polar surface area (TPSA) is 92.7 Å². The van der Waals surface area contributed by atoms with E-state index in [0.717, 1.165) is 43.1 Å². The number of rotatable bonds is 3. The van der Waals surface area contributed by atoms with Crippen molar-refractivity contribution in [3.8, 4) is 0 Å². The highest BCUT2D eigenvalue weighted by atomic mass is 16.2. The van der Waals surface area contributed by atoms with Gasteiger partial charge < -0.3 is 14.9 Å². The number of nitrogens with zero attached hydrogens (tertiary/aromatic N) is 3. The molecule has 1 saturated carbocycles. The van der Waals surface area contributed by atoms with E-state index in [4.69, 9.17) is 0 Å². The molecule has 7 nitrogen and oxygen atoms in total. The minimum atomic E-state index is -0.304. The fraction of sp³-hybridized carbons (Fsp3) is 0.529. The number of hydrogen-bond acceptors (Lipinski definition) is 4. The highest BCUT2D eigenvalue weighted by Gasteiger charge is 2.31. The zero-order valence-corrected chi connectivity index (χ0v) is 13.7. The van der Waals surface area contributed by atoms with E-state index < -0.39 is 0 Å². The summed E-state index contributed by atoms with van der Waals surface area (Å²) in [5.41, 5.74) is 0.671. The third-order valence-electron chi connectivity index (χ3n) is 4.85. The number of H-pyrrole nitrogens is 1. The molecule has 0 aromatic carbocycles. The van der Waals surface area contributed by atoms with E-state index in [2.05, 4.69) is 25.1 Å². The van der Waals surface area contributed by atoms with Gasteiger partial charge in [0.15, 0.2) is 5.43 Å². The zero-order valence-electron chi connectivity index (χ0n) is 13.7. The van der Waals surface area contributed by atoms with Crippen molar-refractivity contribution in [2.24, 2.45) is 0 Å². The Bertz CT molecular complexity index is 834. The van der Waals surface area contributed by atoms with Gasteiger partial charge in [-0.3, -0.25) is 9.59 Å². The quantitative estimate of drug-likeness (QED) is 0.888. The smallest absolute Gasteiger partial charge is 0.256 e. The molecule has 7 heteroatoms. The monoisotopic (exact) mass is 327 g/mol. The summed E-state index contributed by atoms with van der Waals surface area (Å²) in [5.74, 6) is 2.39. The molecule has 0 spiro atoms. The van der Waals surface area contributed by atoms with Crippen LogP contribution in [0.3, 0.4) is 0 Å². The van der Waals surface area contributed by atoms with E-state index in [9.17, 15) is 9.59 Å². The molecule has 0 radical (unpaired) electrons. The van der Waals surface area contributed by atoms with Crippen LogP contribution in [-0.2, 0) is 13.0 Å². The van der Waals surface area contributed by atoms with Crippen molar-refractivity contribution >= 4 is 5.91 Å². The van der Waals surface area contributed by atoms with E-state index in [1.165, 1.54) is 25.1 Å². The Hall–Kier alpha value is -2.44. The number of aromatic nitrogens is 4. The minimum absolute atomic E-state index is 0.0481. The Kier molecular flexibility index (Phi) is 3.70. The SMILES string of the molecule is Cc1cc(=O)c(C(=O)NC2CCc3nnc(C4CC4)n3CC2)c[nH]1. The number of hydrogen-bond donors (Lipinski definition) is 2. The first-order chi connectivity index (χ1) is 11.6. The zero-order chi connectivity index (χ0) is 16.7. The lowest BCUT2D eigenvalue weighted by molar-refractivity contribution is 0.0931. The number of aromatic amines is 1. The van der Waals surface area contributed by atoms with Gasteiger partial charge in [-0.1, -0.05) is 0 Å². The highest BCUT2D eigenvalue weighted by Crippen LogP contribution is 2.39. The maximum Gasteiger partial charge on any atom is 0.256 e. The van der Waals surface area contributed by atoms with Crippen LogP contribution < -0.4 is 10.7 Å². The number of carbonyl (C=O) groups is 1. The van der Waals surface area contributed by atoms with Crippen molar-refractivity contribution in [2.75, 3.05) is 0 Å². The van der Waals surface area contributed by atoms with Crippen LogP contribution in [0.25, 0.3) is 0 Å². The predicted octanol–water partition coefficient (Wildman–Crippen LogP) is 1.29. The van der Waals surface area contributed by atoms with E-state index >= 15 is 0 Å². The third-order valence-corrected chi connectivity index (χ3v) is 4.85. The van der Waals surface area contributed by atoms with Gasteiger partial charge in [0.2, 0.25) is 0 Å². The summed E-state index contributed by atoms with van der Waals surface area (Å²) in [7, 11) is 0. The Morgan fingerprint density at radius 3 is 2.88 bits per heavy atom. The number of aryl methyl sites for hydroxylation is 2. The first-order valence-corrected chi connectivity index (χ1v) is 8.54. The standard InChI is InChI=1S/C17H21N5O2/c1-10-8-14(23)13(9-18-10)17(24)19-12-4-5-15-20-21-16(11-2-3-11)22(15)7-6-12/h8-9,11-12H,2-7H2,1H3,(H,18,23)(H,19,24). The van der Waals surface area contributed by atoms with E-state index in [1.54, 1.807) is 6.92 Å². The lowest BCUT2D eigenvalue weighted by atomic mass is 10.1. The lowest BCUT2D eigenvalue weighted by Crippen LogP contribution is -2.37. The van der Waals surface area contributed by atoms with E-state index in [1.807, 2.05) is 0 Å². The molecule has 1 fully saturated rings. The second kappa shape index (κ2) is 5.89. The Morgan fingerprint density at radius 2 is 2.12 bits per heavy atom. The number of pyridine rings is 1. The molecule has 0 saturated heterocycles. The molecule has 1 aliphatic heterocycles. The van der Waals surface area contributed by atoms with Gasteiger partial charge >= 0.3 is 0 Å². The molecular formula is C17H21N5O2. The Morgan fingerprint density at radius 1 is 1.29 bits per heavy atom. The number of amides is 1. The van der Waals surface area contributed by atoms with Crippen LogP contribution in [0.15, 0.2) is 17.1 Å². The van der Waals surface area contributed by atoms with E-state index in [0.29, 0.717) is 5.92 Å². The molecule has 0 bridgehead atoms. The van der Waals surface area contributed by atoms with Gasteiger partial charge in [-0.15, -0.1) is 10.2 Å². The molecule has 1 aliphatic carbocycles. The highest BCUT2D eigenvalue weighted by molar-refractivity contribution is 5.93. The summed E-state index contributed by atoms with van der Waals surface area (Å²) in [4.78, 5) is 27.3. The lowest BCUT2D eigenvalue weighted by Gasteiger charge is -2.16.